The summed E-state index contributed by atoms with van der Waals surface area (Å²) in [5.41, 5.74) is 1.75. The summed E-state index contributed by atoms with van der Waals surface area (Å²) in [6.07, 6.45) is 6.11. The van der Waals surface area contributed by atoms with Crippen molar-refractivity contribution in [1.29, 1.82) is 0 Å². The number of nitrogens with zero attached hydrogens (tertiary/aromatic N) is 2. The minimum Gasteiger partial charge on any atom is -0.352 e. The van der Waals surface area contributed by atoms with E-state index < -0.39 is 34.3 Å². The van der Waals surface area contributed by atoms with Crippen molar-refractivity contribution in [2.24, 2.45) is 0 Å². The fourth-order valence-corrected chi connectivity index (χ4v) is 5.28. The number of para-hydroxylation sites is 1. The number of benzene rings is 2. The van der Waals surface area contributed by atoms with Gasteiger partial charge in [0.15, 0.2) is 0 Å². The Morgan fingerprint density at radius 3 is 2.29 bits per heavy atom. The fourth-order valence-electron chi connectivity index (χ4n) is 4.38. The van der Waals surface area contributed by atoms with E-state index in [-0.39, 0.29) is 18.5 Å². The first-order chi connectivity index (χ1) is 16.6. The summed E-state index contributed by atoms with van der Waals surface area (Å²) in [7, 11) is -3.78. The van der Waals surface area contributed by atoms with Gasteiger partial charge in [-0.15, -0.1) is 0 Å². The van der Waals surface area contributed by atoms with E-state index in [9.17, 15) is 22.4 Å². The molecule has 2 aromatic carbocycles. The van der Waals surface area contributed by atoms with Crippen LogP contribution in [0.5, 0.6) is 0 Å². The van der Waals surface area contributed by atoms with Crippen molar-refractivity contribution in [3.8, 4) is 0 Å². The van der Waals surface area contributed by atoms with Crippen LogP contribution in [0.2, 0.25) is 0 Å². The Morgan fingerprint density at radius 1 is 1.06 bits per heavy atom. The van der Waals surface area contributed by atoms with Gasteiger partial charge in [0.05, 0.1) is 11.9 Å². The van der Waals surface area contributed by atoms with Gasteiger partial charge in [-0.2, -0.15) is 0 Å². The number of hydrogen-bond acceptors (Lipinski definition) is 4. The Labute approximate surface area is 207 Å². The minimum absolute atomic E-state index is 0.0454. The fraction of sp³-hybridized carbons (Fsp3) is 0.462. The van der Waals surface area contributed by atoms with E-state index >= 15 is 0 Å². The van der Waals surface area contributed by atoms with E-state index in [1.54, 1.807) is 50.2 Å². The van der Waals surface area contributed by atoms with E-state index in [1.165, 1.54) is 17.0 Å². The summed E-state index contributed by atoms with van der Waals surface area (Å²) >= 11 is 0. The van der Waals surface area contributed by atoms with Crippen LogP contribution in [0.3, 0.4) is 0 Å². The predicted molar refractivity (Wildman–Crippen MR) is 135 cm³/mol. The van der Waals surface area contributed by atoms with E-state index in [1.807, 2.05) is 0 Å². The summed E-state index contributed by atoms with van der Waals surface area (Å²) in [4.78, 5) is 28.0. The average molecular weight is 504 g/mol. The largest absolute Gasteiger partial charge is 0.352 e. The van der Waals surface area contributed by atoms with Crippen molar-refractivity contribution in [2.45, 2.75) is 64.6 Å². The lowest BCUT2D eigenvalue weighted by molar-refractivity contribution is -0.139. The molecule has 0 radical (unpaired) electrons. The topological polar surface area (TPSA) is 86.8 Å². The van der Waals surface area contributed by atoms with Gasteiger partial charge in [-0.3, -0.25) is 13.9 Å². The van der Waals surface area contributed by atoms with Crippen LogP contribution in [0.15, 0.2) is 48.5 Å². The molecular formula is C26H34FN3O4S. The summed E-state index contributed by atoms with van der Waals surface area (Å²) in [5, 5.41) is 3.05. The van der Waals surface area contributed by atoms with Crippen LogP contribution in [0, 0.1) is 12.7 Å². The van der Waals surface area contributed by atoms with E-state index in [0.29, 0.717) is 16.8 Å². The molecule has 1 atom stereocenters. The first kappa shape index (κ1) is 26.7. The third-order valence-corrected chi connectivity index (χ3v) is 7.57. The molecule has 0 bridgehead atoms. The van der Waals surface area contributed by atoms with Crippen LogP contribution < -0.4 is 9.62 Å². The zero-order valence-corrected chi connectivity index (χ0v) is 21.4. The molecule has 1 saturated carbocycles. The van der Waals surface area contributed by atoms with Gasteiger partial charge in [-0.05, 0) is 56.0 Å². The number of carbonyl (C=O) groups is 2. The van der Waals surface area contributed by atoms with Gasteiger partial charge in [0.1, 0.15) is 18.4 Å². The summed E-state index contributed by atoms with van der Waals surface area (Å²) < 4.78 is 39.8. The maximum absolute atomic E-state index is 13.6. The highest BCUT2D eigenvalue weighted by molar-refractivity contribution is 7.92. The molecule has 35 heavy (non-hydrogen) atoms. The third kappa shape index (κ3) is 7.27. The number of amides is 2. The maximum atomic E-state index is 13.6. The normalized spacial score (nSPS) is 15.3. The number of hydrogen-bond donors (Lipinski definition) is 1. The predicted octanol–water partition coefficient (Wildman–Crippen LogP) is 3.77. The van der Waals surface area contributed by atoms with Gasteiger partial charge in [-0.1, -0.05) is 49.6 Å². The molecule has 9 heteroatoms. The average Bonchev–Trinajstić information content (AvgIpc) is 2.82. The summed E-state index contributed by atoms with van der Waals surface area (Å²) in [6, 6.07) is 11.8. The summed E-state index contributed by atoms with van der Waals surface area (Å²) in [6.45, 7) is 3.00. The minimum atomic E-state index is -3.78. The maximum Gasteiger partial charge on any atom is 0.244 e. The van der Waals surface area contributed by atoms with Crippen LogP contribution in [0.1, 0.15) is 50.2 Å². The van der Waals surface area contributed by atoms with Crippen molar-refractivity contribution in [1.82, 2.24) is 10.2 Å². The Kier molecular flexibility index (Phi) is 8.88. The Hall–Kier alpha value is -2.94. The molecule has 2 amide bonds. The molecule has 0 spiro atoms. The Bertz CT molecular complexity index is 1130. The zero-order chi connectivity index (χ0) is 25.6. The zero-order valence-electron chi connectivity index (χ0n) is 20.5. The number of aryl methyl sites for hydroxylation is 1. The SMILES string of the molecule is Cc1ccccc1N(CC(=O)N(Cc1ccc(F)cc1)[C@@H](C)C(=O)NC1CCCCC1)S(C)(=O)=O. The van der Waals surface area contributed by atoms with Crippen LogP contribution in [-0.4, -0.2) is 50.0 Å². The third-order valence-electron chi connectivity index (χ3n) is 6.45. The molecule has 1 fully saturated rings. The number of sulfonamides is 1. The van der Waals surface area contributed by atoms with Gasteiger partial charge < -0.3 is 10.2 Å². The molecular weight excluding hydrogens is 469 g/mol. The molecule has 7 nitrogen and oxygen atoms in total. The second kappa shape index (κ2) is 11.7. The van der Waals surface area contributed by atoms with Crippen molar-refractivity contribution >= 4 is 27.5 Å². The molecule has 0 saturated heterocycles. The number of rotatable bonds is 9. The van der Waals surface area contributed by atoms with Gasteiger partial charge in [0.2, 0.25) is 21.8 Å². The molecule has 0 heterocycles. The van der Waals surface area contributed by atoms with Gasteiger partial charge in [0.25, 0.3) is 0 Å². The van der Waals surface area contributed by atoms with Crippen molar-refractivity contribution < 1.29 is 22.4 Å². The van der Waals surface area contributed by atoms with Crippen LogP contribution in [0.25, 0.3) is 0 Å². The Balaban J connectivity index is 1.87. The van der Waals surface area contributed by atoms with Crippen molar-refractivity contribution in [2.75, 3.05) is 17.1 Å². The van der Waals surface area contributed by atoms with Crippen LogP contribution in [-0.2, 0) is 26.2 Å². The first-order valence-corrected chi connectivity index (χ1v) is 13.8. The lowest BCUT2D eigenvalue weighted by Gasteiger charge is -2.33. The molecule has 3 rings (SSSR count). The van der Waals surface area contributed by atoms with Crippen molar-refractivity contribution in [3.63, 3.8) is 0 Å². The molecule has 1 aliphatic rings. The smallest absolute Gasteiger partial charge is 0.244 e. The van der Waals surface area contributed by atoms with E-state index in [2.05, 4.69) is 5.32 Å². The lowest BCUT2D eigenvalue weighted by atomic mass is 9.95. The van der Waals surface area contributed by atoms with Gasteiger partial charge in [0, 0.05) is 12.6 Å². The van der Waals surface area contributed by atoms with Crippen LogP contribution in [0.4, 0.5) is 10.1 Å². The molecule has 190 valence electrons. The highest BCUT2D eigenvalue weighted by Crippen LogP contribution is 2.23. The monoisotopic (exact) mass is 503 g/mol. The number of nitrogens with one attached hydrogen (secondary N) is 1. The molecule has 0 aliphatic heterocycles. The lowest BCUT2D eigenvalue weighted by Crippen LogP contribution is -2.53. The second-order valence-corrected chi connectivity index (χ2v) is 11.1. The van der Waals surface area contributed by atoms with Gasteiger partial charge >= 0.3 is 0 Å². The molecule has 1 N–H and O–H groups in total. The number of carbonyl (C=O) groups excluding carboxylic acids is 2. The standard InChI is InChI=1S/C26H34FN3O4S/c1-19-9-7-8-12-24(19)30(35(3,33)34)18-25(31)29(17-21-13-15-22(27)16-14-21)20(2)26(32)28-23-10-5-4-6-11-23/h7-9,12-16,20,23H,4-6,10-11,17-18H2,1-3H3,(H,28,32)/t20-/m0/s1. The highest BCUT2D eigenvalue weighted by atomic mass is 32.2. The number of anilines is 1. The van der Waals surface area contributed by atoms with E-state index in [0.717, 1.165) is 42.7 Å². The highest BCUT2D eigenvalue weighted by Gasteiger charge is 2.31. The van der Waals surface area contributed by atoms with E-state index in [4.69, 9.17) is 0 Å². The molecule has 0 aromatic heterocycles. The quantitative estimate of drug-likeness (QED) is 0.565. The number of halogens is 1. The molecule has 0 unspecified atom stereocenters. The second-order valence-electron chi connectivity index (χ2n) is 9.22. The molecule has 1 aliphatic carbocycles. The Morgan fingerprint density at radius 2 is 1.69 bits per heavy atom. The summed E-state index contributed by atoms with van der Waals surface area (Å²) in [5.74, 6) is -1.21. The van der Waals surface area contributed by atoms with Crippen LogP contribution >= 0.6 is 0 Å². The first-order valence-electron chi connectivity index (χ1n) is 11.9. The molecule has 2 aromatic rings. The van der Waals surface area contributed by atoms with Gasteiger partial charge in [-0.25, -0.2) is 12.8 Å². The van der Waals surface area contributed by atoms with Crippen molar-refractivity contribution in [3.05, 3.63) is 65.5 Å².